The number of hydrogen-bond donors (Lipinski definition) is 6. The minimum Gasteiger partial charge on any atom is -0.504 e. The van der Waals surface area contributed by atoms with Gasteiger partial charge >= 0.3 is 0 Å². The predicted molar refractivity (Wildman–Crippen MR) is 73.3 cm³/mol. The van der Waals surface area contributed by atoms with Crippen molar-refractivity contribution >= 4 is 0 Å². The van der Waals surface area contributed by atoms with Crippen LogP contribution in [-0.2, 0) is 11.2 Å². The molecular weight excluding hydrogens is 296 g/mol. The Labute approximate surface area is 126 Å². The van der Waals surface area contributed by atoms with Gasteiger partial charge in [-0.3, -0.25) is 0 Å². The van der Waals surface area contributed by atoms with Crippen molar-refractivity contribution in [2.24, 2.45) is 0 Å². The van der Waals surface area contributed by atoms with Crippen LogP contribution < -0.4 is 4.74 Å². The van der Waals surface area contributed by atoms with Crippen LogP contribution in [0.2, 0.25) is 0 Å². The number of aromatic hydroxyl groups is 1. The molecule has 1 aromatic carbocycles. The Bertz CT molecular complexity index is 494. The summed E-state index contributed by atoms with van der Waals surface area (Å²) in [6.45, 7) is -0.634. The highest BCUT2D eigenvalue weighted by Gasteiger charge is 2.45. The molecule has 0 amide bonds. The number of rotatable bonds is 5. The summed E-state index contributed by atoms with van der Waals surface area (Å²) in [5.41, 5.74) is 0.689. The van der Waals surface area contributed by atoms with Gasteiger partial charge in [0, 0.05) is 6.61 Å². The monoisotopic (exact) mass is 316 g/mol. The van der Waals surface area contributed by atoms with Crippen molar-refractivity contribution < 1.29 is 40.1 Å². The summed E-state index contributed by atoms with van der Waals surface area (Å²) in [7, 11) is 0. The lowest BCUT2D eigenvalue weighted by atomic mass is 9.99. The fourth-order valence-electron chi connectivity index (χ4n) is 2.29. The lowest BCUT2D eigenvalue weighted by molar-refractivity contribution is -0.280. The van der Waals surface area contributed by atoms with E-state index in [9.17, 15) is 20.4 Å². The Morgan fingerprint density at radius 1 is 1.09 bits per heavy atom. The molecule has 22 heavy (non-hydrogen) atoms. The first-order chi connectivity index (χ1) is 10.5. The molecule has 0 aromatic heterocycles. The molecule has 0 bridgehead atoms. The van der Waals surface area contributed by atoms with Crippen LogP contribution in [0.5, 0.6) is 11.5 Å². The zero-order valence-corrected chi connectivity index (χ0v) is 11.7. The molecule has 0 unspecified atom stereocenters. The first-order valence-electron chi connectivity index (χ1n) is 6.88. The number of phenolic OH excluding ortho intramolecular Hbond substituents is 1. The summed E-state index contributed by atoms with van der Waals surface area (Å²) in [4.78, 5) is 0. The van der Waals surface area contributed by atoms with Crippen LogP contribution in [0.15, 0.2) is 18.2 Å². The topological polar surface area (TPSA) is 140 Å². The number of hydrogen-bond acceptors (Lipinski definition) is 8. The lowest BCUT2D eigenvalue weighted by Crippen LogP contribution is -2.60. The average Bonchev–Trinajstić information content (AvgIpc) is 2.49. The summed E-state index contributed by atoms with van der Waals surface area (Å²) in [5.74, 6) is -0.243. The fraction of sp³-hybridized carbons (Fsp3) is 0.571. The highest BCUT2D eigenvalue weighted by Crippen LogP contribution is 2.31. The smallest absolute Gasteiger partial charge is 0.195 e. The number of benzene rings is 1. The van der Waals surface area contributed by atoms with E-state index in [1.165, 1.54) is 12.1 Å². The van der Waals surface area contributed by atoms with Gasteiger partial charge in [0.15, 0.2) is 23.9 Å². The number of phenols is 1. The molecule has 1 heterocycles. The third kappa shape index (κ3) is 3.49. The zero-order valence-electron chi connectivity index (χ0n) is 11.7. The van der Waals surface area contributed by atoms with Crippen molar-refractivity contribution in [2.75, 3.05) is 13.2 Å². The molecule has 1 saturated heterocycles. The van der Waals surface area contributed by atoms with Gasteiger partial charge in [0.1, 0.15) is 18.3 Å². The first-order valence-corrected chi connectivity index (χ1v) is 6.88. The van der Waals surface area contributed by atoms with Crippen LogP contribution in [0.3, 0.4) is 0 Å². The summed E-state index contributed by atoms with van der Waals surface area (Å²) in [5, 5.41) is 57.2. The number of ether oxygens (including phenoxy) is 2. The summed E-state index contributed by atoms with van der Waals surface area (Å²) in [6.07, 6.45) is -6.60. The van der Waals surface area contributed by atoms with Crippen LogP contribution >= 0.6 is 0 Å². The van der Waals surface area contributed by atoms with E-state index in [1.807, 2.05) is 0 Å². The van der Waals surface area contributed by atoms with Crippen molar-refractivity contribution in [3.05, 3.63) is 23.8 Å². The van der Waals surface area contributed by atoms with Gasteiger partial charge < -0.3 is 40.1 Å². The van der Waals surface area contributed by atoms with Gasteiger partial charge in [-0.1, -0.05) is 6.07 Å². The molecule has 6 N–H and O–H groups in total. The van der Waals surface area contributed by atoms with E-state index in [0.717, 1.165) is 0 Å². The van der Waals surface area contributed by atoms with Crippen molar-refractivity contribution in [1.82, 2.24) is 0 Å². The van der Waals surface area contributed by atoms with Crippen molar-refractivity contribution in [1.29, 1.82) is 0 Å². The summed E-state index contributed by atoms with van der Waals surface area (Å²) < 4.78 is 10.3. The maximum absolute atomic E-state index is 9.96. The Hall–Kier alpha value is -1.42. The van der Waals surface area contributed by atoms with Gasteiger partial charge in [0.05, 0.1) is 6.61 Å². The van der Waals surface area contributed by atoms with Gasteiger partial charge in [-0.2, -0.15) is 0 Å². The van der Waals surface area contributed by atoms with Crippen molar-refractivity contribution in [3.8, 4) is 11.5 Å². The number of aliphatic hydroxyl groups excluding tert-OH is 5. The highest BCUT2D eigenvalue weighted by molar-refractivity contribution is 5.42. The third-order valence-corrected chi connectivity index (χ3v) is 3.53. The molecule has 1 fully saturated rings. The molecule has 124 valence electrons. The fourth-order valence-corrected chi connectivity index (χ4v) is 2.29. The SMILES string of the molecule is OCCc1ccc(O[C@@H]2[C@@H](O)[C@H](O)[C@@H](CO)O[C@H]2O)c(O)c1. The van der Waals surface area contributed by atoms with Crippen molar-refractivity contribution in [3.63, 3.8) is 0 Å². The molecular formula is C14H20O8. The highest BCUT2D eigenvalue weighted by atomic mass is 16.7. The van der Waals surface area contributed by atoms with Crippen LogP contribution in [0.4, 0.5) is 0 Å². The van der Waals surface area contributed by atoms with Gasteiger partial charge in [-0.15, -0.1) is 0 Å². The third-order valence-electron chi connectivity index (χ3n) is 3.53. The quantitative estimate of drug-likeness (QED) is 0.370. The van der Waals surface area contributed by atoms with E-state index in [0.29, 0.717) is 12.0 Å². The van der Waals surface area contributed by atoms with E-state index < -0.39 is 37.3 Å². The molecule has 1 aromatic rings. The lowest BCUT2D eigenvalue weighted by Gasteiger charge is -2.39. The molecule has 0 aliphatic carbocycles. The average molecular weight is 316 g/mol. The summed E-state index contributed by atoms with van der Waals surface area (Å²) >= 11 is 0. The molecule has 5 atom stereocenters. The molecule has 2 rings (SSSR count). The minimum absolute atomic E-state index is 0.0111. The minimum atomic E-state index is -1.58. The van der Waals surface area contributed by atoms with E-state index in [4.69, 9.17) is 19.7 Å². The van der Waals surface area contributed by atoms with E-state index in [2.05, 4.69) is 0 Å². The van der Waals surface area contributed by atoms with Gasteiger partial charge in [0.2, 0.25) is 0 Å². The Balaban J connectivity index is 2.12. The van der Waals surface area contributed by atoms with E-state index >= 15 is 0 Å². The second kappa shape index (κ2) is 7.23. The normalized spacial score (nSPS) is 32.0. The van der Waals surface area contributed by atoms with E-state index in [-0.39, 0.29) is 18.1 Å². The molecule has 0 spiro atoms. The van der Waals surface area contributed by atoms with Crippen molar-refractivity contribution in [2.45, 2.75) is 37.1 Å². The Morgan fingerprint density at radius 2 is 1.82 bits per heavy atom. The maximum Gasteiger partial charge on any atom is 0.195 e. The van der Waals surface area contributed by atoms with E-state index in [1.54, 1.807) is 6.07 Å². The van der Waals surface area contributed by atoms with Gasteiger partial charge in [-0.25, -0.2) is 0 Å². The Morgan fingerprint density at radius 3 is 2.41 bits per heavy atom. The summed E-state index contributed by atoms with van der Waals surface area (Å²) in [6, 6.07) is 4.42. The second-order valence-corrected chi connectivity index (χ2v) is 5.09. The van der Waals surface area contributed by atoms with Crippen LogP contribution in [0, 0.1) is 0 Å². The molecule has 1 aliphatic rings. The maximum atomic E-state index is 9.96. The molecule has 8 nitrogen and oxygen atoms in total. The molecule has 0 radical (unpaired) electrons. The van der Waals surface area contributed by atoms with Gasteiger partial charge in [0.25, 0.3) is 0 Å². The molecule has 8 heteroatoms. The second-order valence-electron chi connectivity index (χ2n) is 5.09. The Kier molecular flexibility index (Phi) is 5.57. The molecule has 0 saturated carbocycles. The van der Waals surface area contributed by atoms with Gasteiger partial charge in [-0.05, 0) is 24.1 Å². The van der Waals surface area contributed by atoms with Crippen LogP contribution in [0.25, 0.3) is 0 Å². The number of aliphatic hydroxyl groups is 5. The van der Waals surface area contributed by atoms with Crippen LogP contribution in [0.1, 0.15) is 5.56 Å². The standard InChI is InChI=1S/C14H20O8/c15-4-3-7-1-2-9(8(17)5-7)21-13-12(19)11(18)10(6-16)22-14(13)20/h1-2,5,10-20H,3-4,6H2/t10-,11-,12+,13-,14-/m1/s1. The predicted octanol–water partition coefficient (Wildman–Crippen LogP) is -1.89. The zero-order chi connectivity index (χ0) is 16.3. The molecule has 1 aliphatic heterocycles. The largest absolute Gasteiger partial charge is 0.504 e. The van der Waals surface area contributed by atoms with Crippen LogP contribution in [-0.4, -0.2) is 74.6 Å². The first kappa shape index (κ1) is 16.9.